The highest BCUT2D eigenvalue weighted by molar-refractivity contribution is 7.16. The Morgan fingerprint density at radius 3 is 2.43 bits per heavy atom. The van der Waals surface area contributed by atoms with Gasteiger partial charge in [-0.15, -0.1) is 0 Å². The number of hydrogen-bond acceptors (Lipinski definition) is 9. The van der Waals surface area contributed by atoms with Crippen LogP contribution in [0.3, 0.4) is 0 Å². The fourth-order valence-electron chi connectivity index (χ4n) is 4.52. The van der Waals surface area contributed by atoms with Crippen LogP contribution >= 0.6 is 22.9 Å². The molecule has 0 radical (unpaired) electrons. The maximum atomic E-state index is 13.3. The Balaban J connectivity index is 1.35. The number of halogens is 4. The number of ether oxygens (including phenoxy) is 2. The highest BCUT2D eigenvalue weighted by atomic mass is 35.5. The first kappa shape index (κ1) is 29.2. The van der Waals surface area contributed by atoms with Crippen molar-refractivity contribution in [2.24, 2.45) is 0 Å². The summed E-state index contributed by atoms with van der Waals surface area (Å²) in [5.41, 5.74) is 1.19. The van der Waals surface area contributed by atoms with Gasteiger partial charge in [-0.2, -0.15) is 13.2 Å². The van der Waals surface area contributed by atoms with E-state index in [4.69, 9.17) is 21.1 Å². The third kappa shape index (κ3) is 5.59. The van der Waals surface area contributed by atoms with Gasteiger partial charge < -0.3 is 14.4 Å². The number of nitrogens with one attached hydrogen (secondary N) is 1. The van der Waals surface area contributed by atoms with Crippen LogP contribution in [-0.2, 0) is 19.3 Å². The van der Waals surface area contributed by atoms with Crippen LogP contribution in [0.1, 0.15) is 48.2 Å². The average molecular weight is 619 g/mol. The number of anilines is 1. The number of rotatable bonds is 6. The van der Waals surface area contributed by atoms with Crippen LogP contribution in [0.15, 0.2) is 30.6 Å². The standard InChI is InChI=1S/C27H22ClF3N6O4S/c1-12-5-16(24(41-4)35-22(12)27(29,30)31)25(39)37-10-18-20(11-37)42-26(34-18)36-23(38)17-8-32-13(2)6-14(17)15-7-21(28)33-9-19(15)40-3/h5-9H,10-11H2,1-4H3,(H,34,36,38). The van der Waals surface area contributed by atoms with Crippen molar-refractivity contribution in [2.45, 2.75) is 33.1 Å². The number of carbonyl (C=O) groups excluding carboxylic acids is 2. The molecule has 0 spiro atoms. The molecular weight excluding hydrogens is 597 g/mol. The van der Waals surface area contributed by atoms with Gasteiger partial charge in [0.15, 0.2) is 10.8 Å². The van der Waals surface area contributed by atoms with Crippen molar-refractivity contribution < 1.29 is 32.2 Å². The van der Waals surface area contributed by atoms with Crippen molar-refractivity contribution in [3.05, 3.63) is 74.4 Å². The van der Waals surface area contributed by atoms with Gasteiger partial charge in [0.25, 0.3) is 11.8 Å². The Bertz CT molecular complexity index is 1710. The smallest absolute Gasteiger partial charge is 0.433 e. The van der Waals surface area contributed by atoms with Gasteiger partial charge in [-0.05, 0) is 37.6 Å². The highest BCUT2D eigenvalue weighted by Crippen LogP contribution is 2.37. The minimum atomic E-state index is -4.69. The Kier molecular flexibility index (Phi) is 7.77. The van der Waals surface area contributed by atoms with Gasteiger partial charge in [0.1, 0.15) is 16.5 Å². The van der Waals surface area contributed by atoms with E-state index < -0.39 is 29.6 Å². The number of thiazole rings is 1. The molecule has 0 fully saturated rings. The molecular formula is C27H22ClF3N6O4S. The molecule has 0 unspecified atom stereocenters. The summed E-state index contributed by atoms with van der Waals surface area (Å²) in [7, 11) is 2.64. The second-order valence-corrected chi connectivity index (χ2v) is 10.8. The predicted molar refractivity (Wildman–Crippen MR) is 148 cm³/mol. The molecule has 0 aliphatic carbocycles. The lowest BCUT2D eigenvalue weighted by atomic mass is 10.0. The Morgan fingerprint density at radius 2 is 1.76 bits per heavy atom. The summed E-state index contributed by atoms with van der Waals surface area (Å²) < 4.78 is 50.3. The van der Waals surface area contributed by atoms with E-state index in [2.05, 4.69) is 25.3 Å². The van der Waals surface area contributed by atoms with Gasteiger partial charge >= 0.3 is 6.18 Å². The molecule has 5 rings (SSSR count). The molecule has 0 aromatic carbocycles. The van der Waals surface area contributed by atoms with Crippen LogP contribution in [-0.4, -0.2) is 50.9 Å². The largest absolute Gasteiger partial charge is 0.494 e. The van der Waals surface area contributed by atoms with Crippen molar-refractivity contribution in [1.29, 1.82) is 0 Å². The summed E-state index contributed by atoms with van der Waals surface area (Å²) >= 11 is 7.30. The van der Waals surface area contributed by atoms with Gasteiger partial charge in [0.05, 0.1) is 49.6 Å². The molecule has 4 aromatic heterocycles. The van der Waals surface area contributed by atoms with Crippen LogP contribution in [0, 0.1) is 13.8 Å². The number of hydrogen-bond donors (Lipinski definition) is 1. The Morgan fingerprint density at radius 1 is 1.00 bits per heavy atom. The first-order chi connectivity index (χ1) is 19.9. The molecule has 0 saturated heterocycles. The summed E-state index contributed by atoms with van der Waals surface area (Å²) in [6.45, 7) is 3.26. The number of amides is 2. The van der Waals surface area contributed by atoms with E-state index in [1.165, 1.54) is 42.7 Å². The first-order valence-corrected chi connectivity index (χ1v) is 13.5. The Hall–Kier alpha value is -4.30. The quantitative estimate of drug-likeness (QED) is 0.273. The zero-order valence-electron chi connectivity index (χ0n) is 22.6. The van der Waals surface area contributed by atoms with E-state index in [0.717, 1.165) is 18.1 Å². The number of methoxy groups -OCH3 is 2. The van der Waals surface area contributed by atoms with Crippen LogP contribution in [0.4, 0.5) is 18.3 Å². The van der Waals surface area contributed by atoms with Crippen LogP contribution in [0.25, 0.3) is 11.1 Å². The third-order valence-corrected chi connectivity index (χ3v) is 7.67. The maximum absolute atomic E-state index is 13.3. The average Bonchev–Trinajstić information content (AvgIpc) is 3.50. The lowest BCUT2D eigenvalue weighted by Crippen LogP contribution is -2.27. The SMILES string of the molecule is COc1cnc(Cl)cc1-c1cc(C)ncc1C(=O)Nc1nc2c(s1)CN(C(=O)c1cc(C)c(C(F)(F)F)nc1OC)C2. The van der Waals surface area contributed by atoms with E-state index in [1.54, 1.807) is 19.1 Å². The van der Waals surface area contributed by atoms with Crippen molar-refractivity contribution in [1.82, 2.24) is 24.8 Å². The van der Waals surface area contributed by atoms with Gasteiger partial charge in [0.2, 0.25) is 5.88 Å². The zero-order valence-corrected chi connectivity index (χ0v) is 24.2. The molecule has 42 heavy (non-hydrogen) atoms. The van der Waals surface area contributed by atoms with Gasteiger partial charge in [-0.25, -0.2) is 15.0 Å². The summed E-state index contributed by atoms with van der Waals surface area (Å²) in [5.74, 6) is -1.01. The minimum absolute atomic E-state index is 0.0854. The third-order valence-electron chi connectivity index (χ3n) is 6.46. The molecule has 5 heterocycles. The van der Waals surface area contributed by atoms with Crippen molar-refractivity contribution in [3.8, 4) is 22.8 Å². The molecule has 0 saturated carbocycles. The number of aromatic nitrogens is 4. The molecule has 1 aliphatic heterocycles. The fourth-order valence-corrected chi connectivity index (χ4v) is 5.66. The lowest BCUT2D eigenvalue weighted by molar-refractivity contribution is -0.141. The Labute approximate surface area is 246 Å². The number of pyridine rings is 3. The maximum Gasteiger partial charge on any atom is 0.433 e. The number of alkyl halides is 3. The highest BCUT2D eigenvalue weighted by Gasteiger charge is 2.37. The van der Waals surface area contributed by atoms with Crippen molar-refractivity contribution in [3.63, 3.8) is 0 Å². The van der Waals surface area contributed by atoms with Gasteiger partial charge in [0, 0.05) is 23.0 Å². The molecule has 218 valence electrons. The van der Waals surface area contributed by atoms with Crippen LogP contribution < -0.4 is 14.8 Å². The molecule has 1 aliphatic rings. The topological polar surface area (TPSA) is 119 Å². The molecule has 1 N–H and O–H groups in total. The normalized spacial score (nSPS) is 12.7. The van der Waals surface area contributed by atoms with Crippen LogP contribution in [0.5, 0.6) is 11.6 Å². The molecule has 0 atom stereocenters. The van der Waals surface area contributed by atoms with Crippen molar-refractivity contribution >= 4 is 39.9 Å². The molecule has 2 amide bonds. The summed E-state index contributed by atoms with van der Waals surface area (Å²) in [4.78, 5) is 45.0. The minimum Gasteiger partial charge on any atom is -0.494 e. The van der Waals surface area contributed by atoms with E-state index in [-0.39, 0.29) is 34.9 Å². The van der Waals surface area contributed by atoms with E-state index in [0.29, 0.717) is 33.4 Å². The van der Waals surface area contributed by atoms with Crippen molar-refractivity contribution in [2.75, 3.05) is 19.5 Å². The first-order valence-electron chi connectivity index (χ1n) is 12.3. The summed E-state index contributed by atoms with van der Waals surface area (Å²) in [6, 6.07) is 4.46. The molecule has 10 nitrogen and oxygen atoms in total. The number of carbonyl (C=O) groups is 2. The monoisotopic (exact) mass is 618 g/mol. The second kappa shape index (κ2) is 11.2. The predicted octanol–water partition coefficient (Wildman–Crippen LogP) is 5.71. The van der Waals surface area contributed by atoms with E-state index >= 15 is 0 Å². The van der Waals surface area contributed by atoms with E-state index in [9.17, 15) is 22.8 Å². The lowest BCUT2D eigenvalue weighted by Gasteiger charge is -2.19. The molecule has 0 bridgehead atoms. The number of fused-ring (bicyclic) bond motifs is 1. The van der Waals surface area contributed by atoms with Crippen LogP contribution in [0.2, 0.25) is 5.15 Å². The van der Waals surface area contributed by atoms with Gasteiger partial charge in [-0.1, -0.05) is 22.9 Å². The summed E-state index contributed by atoms with van der Waals surface area (Å²) in [5, 5.41) is 3.33. The van der Waals surface area contributed by atoms with Gasteiger partial charge in [-0.3, -0.25) is 19.9 Å². The molecule has 15 heteroatoms. The number of nitrogens with zero attached hydrogens (tertiary/aromatic N) is 5. The summed E-state index contributed by atoms with van der Waals surface area (Å²) in [6.07, 6.45) is -1.78. The zero-order chi connectivity index (χ0) is 30.3. The van der Waals surface area contributed by atoms with E-state index in [1.807, 2.05) is 0 Å². The number of aryl methyl sites for hydroxylation is 2. The molecule has 4 aromatic rings. The fraction of sp³-hybridized carbons (Fsp3) is 0.259. The second-order valence-electron chi connectivity index (χ2n) is 9.29.